The van der Waals surface area contributed by atoms with Crippen LogP contribution in [0.3, 0.4) is 0 Å². The van der Waals surface area contributed by atoms with Gasteiger partial charge in [-0.05, 0) is 54.5 Å². The number of imide groups is 1. The number of nitrogens with one attached hydrogen (secondary N) is 1. The molecule has 1 N–H and O–H groups in total. The predicted molar refractivity (Wildman–Crippen MR) is 102 cm³/mol. The van der Waals surface area contributed by atoms with Crippen LogP contribution in [-0.2, 0) is 4.79 Å². The topological polar surface area (TPSA) is 54.3 Å². The van der Waals surface area contributed by atoms with Gasteiger partial charge in [0.1, 0.15) is 5.70 Å². The van der Waals surface area contributed by atoms with Crippen molar-refractivity contribution in [3.63, 3.8) is 0 Å². The fourth-order valence-electron chi connectivity index (χ4n) is 3.43. The lowest BCUT2D eigenvalue weighted by Gasteiger charge is -2.11. The van der Waals surface area contributed by atoms with Crippen LogP contribution in [0, 0.1) is 13.8 Å². The van der Waals surface area contributed by atoms with Crippen LogP contribution in [-0.4, -0.2) is 28.5 Å². The number of carbonyl (C=O) groups is 2. The van der Waals surface area contributed by atoms with Gasteiger partial charge < -0.3 is 9.88 Å². The van der Waals surface area contributed by atoms with Crippen molar-refractivity contribution in [1.82, 2.24) is 14.8 Å². The molecule has 4 rings (SSSR count). The molecule has 3 aromatic rings. The number of hydrogen-bond donors (Lipinski definition) is 1. The van der Waals surface area contributed by atoms with Gasteiger partial charge in [-0.2, -0.15) is 0 Å². The normalized spacial score (nSPS) is 16.0. The Bertz CT molecular complexity index is 1090. The van der Waals surface area contributed by atoms with Gasteiger partial charge in [-0.1, -0.05) is 30.3 Å². The molecule has 1 aliphatic rings. The number of rotatable bonds is 2. The van der Waals surface area contributed by atoms with Gasteiger partial charge in [0, 0.05) is 24.1 Å². The van der Waals surface area contributed by atoms with Gasteiger partial charge in [-0.3, -0.25) is 9.69 Å². The predicted octanol–water partition coefficient (Wildman–Crippen LogP) is 3.77. The number of benzene rings is 2. The first-order chi connectivity index (χ1) is 12.5. The Hall–Kier alpha value is -3.34. The van der Waals surface area contributed by atoms with Gasteiger partial charge in [-0.25, -0.2) is 4.79 Å². The minimum Gasteiger partial charge on any atom is -0.318 e. The number of carbonyl (C=O) groups excluding carboxylic acids is 2. The molecule has 1 aliphatic heterocycles. The zero-order valence-corrected chi connectivity index (χ0v) is 14.9. The third-order valence-corrected chi connectivity index (χ3v) is 4.84. The lowest BCUT2D eigenvalue weighted by molar-refractivity contribution is -0.121. The summed E-state index contributed by atoms with van der Waals surface area (Å²) in [4.78, 5) is 24.8. The monoisotopic (exact) mass is 345 g/mol. The van der Waals surface area contributed by atoms with Crippen molar-refractivity contribution in [3.05, 3.63) is 71.2 Å². The van der Waals surface area contributed by atoms with Crippen molar-refractivity contribution < 1.29 is 9.59 Å². The maximum Gasteiger partial charge on any atom is 0.328 e. The number of fused-ring (bicyclic) bond motifs is 1. The molecule has 1 saturated heterocycles. The molecule has 26 heavy (non-hydrogen) atoms. The Morgan fingerprint density at radius 3 is 2.38 bits per heavy atom. The molecule has 0 spiro atoms. The quantitative estimate of drug-likeness (QED) is 0.568. The average molecular weight is 345 g/mol. The highest BCUT2D eigenvalue weighted by atomic mass is 16.2. The first-order valence-electron chi connectivity index (χ1n) is 8.44. The van der Waals surface area contributed by atoms with Crippen LogP contribution in [0.5, 0.6) is 0 Å². The first-order valence-corrected chi connectivity index (χ1v) is 8.44. The van der Waals surface area contributed by atoms with Gasteiger partial charge in [0.15, 0.2) is 0 Å². The van der Waals surface area contributed by atoms with Crippen molar-refractivity contribution in [2.24, 2.45) is 0 Å². The highest BCUT2D eigenvalue weighted by Crippen LogP contribution is 2.26. The third kappa shape index (κ3) is 2.49. The second-order valence-electron chi connectivity index (χ2n) is 6.55. The van der Waals surface area contributed by atoms with Crippen LogP contribution >= 0.6 is 0 Å². The lowest BCUT2D eigenvalue weighted by atomic mass is 10.1. The van der Waals surface area contributed by atoms with E-state index in [1.165, 1.54) is 17.8 Å². The number of aryl methyl sites for hydroxylation is 1. The van der Waals surface area contributed by atoms with Crippen molar-refractivity contribution in [3.8, 4) is 5.69 Å². The average Bonchev–Trinajstić information content (AvgIpc) is 3.05. The van der Waals surface area contributed by atoms with Crippen molar-refractivity contribution in [2.75, 3.05) is 7.05 Å². The van der Waals surface area contributed by atoms with E-state index in [4.69, 9.17) is 0 Å². The molecule has 0 saturated carbocycles. The molecule has 1 fully saturated rings. The molecule has 5 nitrogen and oxygen atoms in total. The summed E-state index contributed by atoms with van der Waals surface area (Å²) in [5.41, 5.74) is 4.37. The fourth-order valence-corrected chi connectivity index (χ4v) is 3.43. The smallest absolute Gasteiger partial charge is 0.318 e. The number of urea groups is 1. The van der Waals surface area contributed by atoms with Crippen molar-refractivity contribution in [2.45, 2.75) is 13.8 Å². The first kappa shape index (κ1) is 16.1. The summed E-state index contributed by atoms with van der Waals surface area (Å²) in [5.74, 6) is -0.314. The Morgan fingerprint density at radius 2 is 1.69 bits per heavy atom. The molecule has 130 valence electrons. The Labute approximate surface area is 151 Å². The SMILES string of the molecule is Cc1cc(/C=C2/NC(=O)N(C)C2=O)c(C)n1-c1ccc2ccccc2c1. The molecule has 0 atom stereocenters. The third-order valence-electron chi connectivity index (χ3n) is 4.84. The fraction of sp³-hybridized carbons (Fsp3) is 0.143. The Kier molecular flexibility index (Phi) is 3.65. The molecular formula is C21H19N3O2. The zero-order chi connectivity index (χ0) is 18.4. The molecule has 5 heteroatoms. The molecule has 0 aliphatic carbocycles. The second-order valence-corrected chi connectivity index (χ2v) is 6.55. The summed E-state index contributed by atoms with van der Waals surface area (Å²) in [6.45, 7) is 4.05. The number of nitrogens with zero attached hydrogens (tertiary/aromatic N) is 2. The van der Waals surface area contributed by atoms with E-state index in [0.29, 0.717) is 5.70 Å². The zero-order valence-electron chi connectivity index (χ0n) is 14.9. The van der Waals surface area contributed by atoms with Gasteiger partial charge in [-0.15, -0.1) is 0 Å². The van der Waals surface area contributed by atoms with E-state index in [1.54, 1.807) is 6.08 Å². The van der Waals surface area contributed by atoms with E-state index in [9.17, 15) is 9.59 Å². The summed E-state index contributed by atoms with van der Waals surface area (Å²) in [6, 6.07) is 16.2. The molecular weight excluding hydrogens is 326 g/mol. The van der Waals surface area contributed by atoms with Gasteiger partial charge in [0.2, 0.25) is 0 Å². The van der Waals surface area contributed by atoms with E-state index >= 15 is 0 Å². The van der Waals surface area contributed by atoms with E-state index in [0.717, 1.165) is 27.5 Å². The van der Waals surface area contributed by atoms with Crippen LogP contribution in [0.1, 0.15) is 17.0 Å². The van der Waals surface area contributed by atoms with Gasteiger partial charge in [0.25, 0.3) is 5.91 Å². The van der Waals surface area contributed by atoms with E-state index in [1.807, 2.05) is 32.0 Å². The number of amides is 3. The molecule has 1 aromatic heterocycles. The van der Waals surface area contributed by atoms with Crippen LogP contribution < -0.4 is 5.32 Å². The number of aromatic nitrogens is 1. The number of hydrogen-bond acceptors (Lipinski definition) is 2. The van der Waals surface area contributed by atoms with Gasteiger partial charge in [0.05, 0.1) is 0 Å². The molecule has 2 heterocycles. The number of likely N-dealkylation sites (N-methyl/N-ethyl adjacent to an activating group) is 1. The largest absolute Gasteiger partial charge is 0.328 e. The van der Waals surface area contributed by atoms with Crippen LogP contribution in [0.15, 0.2) is 54.2 Å². The summed E-state index contributed by atoms with van der Waals surface area (Å²) in [7, 11) is 1.47. The summed E-state index contributed by atoms with van der Waals surface area (Å²) < 4.78 is 2.16. The van der Waals surface area contributed by atoms with E-state index in [2.05, 4.69) is 40.2 Å². The molecule has 0 bridgehead atoms. The van der Waals surface area contributed by atoms with Gasteiger partial charge >= 0.3 is 6.03 Å². The Morgan fingerprint density at radius 1 is 0.962 bits per heavy atom. The highest BCUT2D eigenvalue weighted by molar-refractivity contribution is 6.13. The molecule has 3 amide bonds. The standard InChI is InChI=1S/C21H19N3O2/c1-13-10-17(12-19-20(25)23(3)21(26)22-19)14(2)24(13)18-9-8-15-6-4-5-7-16(15)11-18/h4-12H,1-3H3,(H,22,26)/b19-12+. The molecule has 0 unspecified atom stereocenters. The minimum absolute atomic E-state index is 0.302. The van der Waals surface area contributed by atoms with Crippen LogP contribution in [0.25, 0.3) is 22.5 Å². The molecule has 2 aromatic carbocycles. The maximum absolute atomic E-state index is 12.1. The highest BCUT2D eigenvalue weighted by Gasteiger charge is 2.30. The van der Waals surface area contributed by atoms with Crippen molar-refractivity contribution in [1.29, 1.82) is 0 Å². The second kappa shape index (κ2) is 5.88. The van der Waals surface area contributed by atoms with E-state index < -0.39 is 6.03 Å². The van der Waals surface area contributed by atoms with Crippen molar-refractivity contribution >= 4 is 28.8 Å². The molecule has 0 radical (unpaired) electrons. The van der Waals surface area contributed by atoms with E-state index in [-0.39, 0.29) is 5.91 Å². The Balaban J connectivity index is 1.79. The summed E-state index contributed by atoms with van der Waals surface area (Å²) in [5, 5.41) is 4.99. The minimum atomic E-state index is -0.399. The summed E-state index contributed by atoms with van der Waals surface area (Å²) in [6.07, 6.45) is 1.74. The maximum atomic E-state index is 12.1. The summed E-state index contributed by atoms with van der Waals surface area (Å²) >= 11 is 0. The van der Waals surface area contributed by atoms with Crippen LogP contribution in [0.2, 0.25) is 0 Å². The van der Waals surface area contributed by atoms with Crippen LogP contribution in [0.4, 0.5) is 4.79 Å². The lowest BCUT2D eigenvalue weighted by Crippen LogP contribution is -2.25.